The first kappa shape index (κ1) is 27.8. The molecular weight excluding hydrogens is 470 g/mol. The number of anilines is 2. The van der Waals surface area contributed by atoms with Gasteiger partial charge in [-0.1, -0.05) is 6.07 Å². The molecule has 0 saturated heterocycles. The first-order valence-corrected chi connectivity index (χ1v) is 10.6. The zero-order chi connectivity index (χ0) is 21.6. The van der Waals surface area contributed by atoms with E-state index in [0.29, 0.717) is 0 Å². The molecule has 0 aliphatic rings. The monoisotopic (exact) mass is 486 g/mol. The van der Waals surface area contributed by atoms with Crippen molar-refractivity contribution >= 4 is 53.8 Å². The van der Waals surface area contributed by atoms with E-state index in [1.165, 1.54) is 24.3 Å². The molecule has 0 unspecified atom stereocenters. The van der Waals surface area contributed by atoms with Crippen molar-refractivity contribution in [3.63, 3.8) is 0 Å². The molecule has 3 aromatic rings. The Bertz CT molecular complexity index is 1410. The number of phenolic OH excluding ortho intramolecular Hbond substituents is 1. The van der Waals surface area contributed by atoms with Gasteiger partial charge in [0.25, 0.3) is 20.2 Å². The number of fused-ring (bicyclic) bond motifs is 1. The summed E-state index contributed by atoms with van der Waals surface area (Å²) in [6, 6.07) is 8.19. The Labute approximate surface area is 224 Å². The summed E-state index contributed by atoms with van der Waals surface area (Å²) in [5.74, 6) is -0.552. The second-order valence-electron chi connectivity index (χ2n) is 5.92. The maximum Gasteiger partial charge on any atom is 1.00 e. The van der Waals surface area contributed by atoms with Gasteiger partial charge in [0.15, 0.2) is 0 Å². The predicted octanol–water partition coefficient (Wildman–Crippen LogP) is -3.15. The molecule has 156 valence electrons. The molecule has 0 fully saturated rings. The fourth-order valence-corrected chi connectivity index (χ4v) is 3.79. The van der Waals surface area contributed by atoms with E-state index in [-0.39, 0.29) is 95.5 Å². The summed E-state index contributed by atoms with van der Waals surface area (Å²) in [6.45, 7) is 0. The Balaban J connectivity index is 0. The van der Waals surface area contributed by atoms with E-state index in [2.05, 4.69) is 10.2 Å². The van der Waals surface area contributed by atoms with E-state index in [1.54, 1.807) is 0 Å². The molecule has 0 aliphatic heterocycles. The summed E-state index contributed by atoms with van der Waals surface area (Å²) in [4.78, 5) is -1.12. The number of azo groups is 1. The van der Waals surface area contributed by atoms with Crippen molar-refractivity contribution in [2.75, 3.05) is 11.5 Å². The molecule has 3 rings (SSSR count). The van der Waals surface area contributed by atoms with E-state index in [0.717, 1.165) is 18.2 Å². The molecule has 0 heterocycles. The number of rotatable bonds is 4. The van der Waals surface area contributed by atoms with Gasteiger partial charge in [-0.25, -0.2) is 0 Å². The Hall–Kier alpha value is -1.26. The number of benzene rings is 3. The third-order valence-corrected chi connectivity index (χ3v) is 5.61. The molecule has 0 saturated carbocycles. The van der Waals surface area contributed by atoms with Crippen molar-refractivity contribution in [2.45, 2.75) is 9.79 Å². The van der Waals surface area contributed by atoms with Crippen molar-refractivity contribution in [2.24, 2.45) is 10.2 Å². The largest absolute Gasteiger partial charge is 1.00 e. The molecule has 3 aromatic carbocycles. The summed E-state index contributed by atoms with van der Waals surface area (Å²) in [5.41, 5.74) is 11.2. The maximum absolute atomic E-state index is 11.5. The van der Waals surface area contributed by atoms with Crippen molar-refractivity contribution in [1.29, 1.82) is 0 Å². The number of nitrogens with two attached hydrogens (primary N) is 2. The van der Waals surface area contributed by atoms with E-state index >= 15 is 0 Å². The van der Waals surface area contributed by atoms with Crippen LogP contribution < -0.4 is 70.6 Å². The average Bonchev–Trinajstić information content (AvgIpc) is 2.60. The quantitative estimate of drug-likeness (QED) is 0.109. The van der Waals surface area contributed by atoms with Gasteiger partial charge >= 0.3 is 59.1 Å². The van der Waals surface area contributed by atoms with E-state index < -0.39 is 35.8 Å². The number of nitrogens with zero attached hydrogens (tertiary/aromatic N) is 2. The van der Waals surface area contributed by atoms with Gasteiger partial charge in [-0.15, -0.1) is 10.2 Å². The molecule has 0 amide bonds. The van der Waals surface area contributed by atoms with E-state index in [4.69, 9.17) is 11.5 Å². The molecule has 0 aromatic heterocycles. The first-order chi connectivity index (χ1) is 13.4. The Morgan fingerprint density at radius 1 is 0.839 bits per heavy atom. The van der Waals surface area contributed by atoms with Crippen LogP contribution in [-0.4, -0.2) is 31.0 Å². The third kappa shape index (κ3) is 6.16. The van der Waals surface area contributed by atoms with Crippen LogP contribution in [0.3, 0.4) is 0 Å². The van der Waals surface area contributed by atoms with Crippen molar-refractivity contribution in [3.05, 3.63) is 42.5 Å². The molecular formula is C16H16N4Na2O7S2. The summed E-state index contributed by atoms with van der Waals surface area (Å²) in [5, 5.41) is 18.1. The van der Waals surface area contributed by atoms with Gasteiger partial charge in [-0.2, -0.15) is 16.8 Å². The minimum absolute atomic E-state index is 0. The number of hydrogen-bond acceptors (Lipinski definition) is 9. The Morgan fingerprint density at radius 2 is 1.48 bits per heavy atom. The molecule has 0 radical (unpaired) electrons. The normalized spacial score (nSPS) is 11.8. The van der Waals surface area contributed by atoms with Crippen LogP contribution in [0.1, 0.15) is 2.85 Å². The molecule has 0 bridgehead atoms. The summed E-state index contributed by atoms with van der Waals surface area (Å²) in [6.07, 6.45) is 0. The third-order valence-electron chi connectivity index (χ3n) is 3.89. The number of phenols is 1. The van der Waals surface area contributed by atoms with E-state index in [9.17, 15) is 31.0 Å². The minimum atomic E-state index is -4.65. The molecule has 0 aliphatic carbocycles. The summed E-state index contributed by atoms with van der Waals surface area (Å²) >= 11 is 0. The topological polar surface area (TPSA) is 206 Å². The Morgan fingerprint density at radius 3 is 2.06 bits per heavy atom. The van der Waals surface area contributed by atoms with Gasteiger partial charge in [0.05, 0.1) is 16.0 Å². The summed E-state index contributed by atoms with van der Waals surface area (Å²) < 4.78 is 64.3. The molecule has 15 heteroatoms. The first-order valence-electron chi connectivity index (χ1n) is 7.69. The van der Waals surface area contributed by atoms with Crippen molar-refractivity contribution < 1.29 is 93.0 Å². The van der Waals surface area contributed by atoms with Crippen LogP contribution in [0.5, 0.6) is 5.75 Å². The van der Waals surface area contributed by atoms with Crippen LogP contribution in [-0.2, 0) is 20.2 Å². The zero-order valence-electron chi connectivity index (χ0n) is 18.4. The van der Waals surface area contributed by atoms with Crippen LogP contribution in [0.4, 0.5) is 22.7 Å². The van der Waals surface area contributed by atoms with Crippen LogP contribution in [0.25, 0.3) is 10.8 Å². The van der Waals surface area contributed by atoms with Crippen LogP contribution in [0.15, 0.2) is 62.5 Å². The standard InChI is InChI=1S/C16H14N4O7S2.2Na.2H/c17-9-2-4-12(14(6-9)29(25,26)27)19-20-16-11(18)3-1-8-5-10(28(22,23)24)7-13(21)15(8)16;;;;/h1-7,21H,17-18H2,(H,22,23,24)(H,25,26,27);;;;/q;2*+1;2*-1. The molecule has 0 spiro atoms. The predicted molar refractivity (Wildman–Crippen MR) is 107 cm³/mol. The van der Waals surface area contributed by atoms with Crippen LogP contribution in [0, 0.1) is 0 Å². The molecule has 31 heavy (non-hydrogen) atoms. The summed E-state index contributed by atoms with van der Waals surface area (Å²) in [7, 11) is -9.22. The fourth-order valence-electron chi connectivity index (χ4n) is 2.59. The molecule has 7 N–H and O–H groups in total. The van der Waals surface area contributed by atoms with Crippen molar-refractivity contribution in [3.8, 4) is 5.75 Å². The van der Waals surface area contributed by atoms with Gasteiger partial charge in [0, 0.05) is 11.8 Å². The van der Waals surface area contributed by atoms with Gasteiger partial charge in [0.2, 0.25) is 0 Å². The minimum Gasteiger partial charge on any atom is -1.00 e. The number of nitrogen functional groups attached to an aromatic ring is 2. The number of aromatic hydroxyl groups is 1. The van der Waals surface area contributed by atoms with Gasteiger partial charge in [-0.3, -0.25) is 9.11 Å². The second-order valence-corrected chi connectivity index (χ2v) is 8.73. The van der Waals surface area contributed by atoms with Gasteiger partial charge in [-0.05, 0) is 35.7 Å². The van der Waals surface area contributed by atoms with E-state index in [1.807, 2.05) is 0 Å². The molecule has 0 atom stereocenters. The number of hydrogen-bond donors (Lipinski definition) is 5. The second kappa shape index (κ2) is 10.1. The Kier molecular flexibility index (Phi) is 9.07. The molecule has 11 nitrogen and oxygen atoms in total. The van der Waals surface area contributed by atoms with Crippen LogP contribution >= 0.6 is 0 Å². The van der Waals surface area contributed by atoms with Gasteiger partial charge < -0.3 is 19.4 Å². The zero-order valence-corrected chi connectivity index (χ0v) is 22.0. The smallest absolute Gasteiger partial charge is 1.00 e. The van der Waals surface area contributed by atoms with Gasteiger partial charge in [0.1, 0.15) is 22.0 Å². The van der Waals surface area contributed by atoms with Crippen molar-refractivity contribution in [1.82, 2.24) is 0 Å². The van der Waals surface area contributed by atoms with Crippen LogP contribution in [0.2, 0.25) is 0 Å². The average molecular weight is 486 g/mol. The maximum atomic E-state index is 11.5. The SMILES string of the molecule is Nc1ccc(N=Nc2c(N)ccc3cc(S(=O)(=O)O)cc(O)c23)c(S(=O)(=O)O)c1.[H-].[H-].[Na+].[Na+]. The fraction of sp³-hybridized carbons (Fsp3) is 0.